The summed E-state index contributed by atoms with van der Waals surface area (Å²) in [6.07, 6.45) is 3.47. The quantitative estimate of drug-likeness (QED) is 0.670. The number of rotatable bonds is 2. The fraction of sp³-hybridized carbons (Fsp3) is 0.267. The highest BCUT2D eigenvalue weighted by molar-refractivity contribution is 5.88. The number of nitrogens with one attached hydrogen (secondary N) is 2. The Balaban J connectivity index is 1.77. The molecule has 21 heavy (non-hydrogen) atoms. The molecule has 6 heteroatoms. The number of H-pyrrole nitrogens is 1. The Hall–Kier alpha value is -2.63. The molecule has 1 aliphatic rings. The molecule has 3 aromatic rings. The molecular formula is C15H16N6. The van der Waals surface area contributed by atoms with E-state index in [0.717, 1.165) is 29.6 Å². The van der Waals surface area contributed by atoms with Crippen LogP contribution in [0.15, 0.2) is 18.2 Å². The summed E-state index contributed by atoms with van der Waals surface area (Å²) in [6, 6.07) is 6.34. The molecule has 0 aliphatic heterocycles. The molecule has 6 nitrogen and oxygen atoms in total. The van der Waals surface area contributed by atoms with Gasteiger partial charge in [0, 0.05) is 5.69 Å². The zero-order valence-electron chi connectivity index (χ0n) is 11.8. The van der Waals surface area contributed by atoms with Gasteiger partial charge in [0.1, 0.15) is 5.82 Å². The maximum Gasteiger partial charge on any atom is 0.229 e. The summed E-state index contributed by atoms with van der Waals surface area (Å²) in [4.78, 5) is 8.93. The van der Waals surface area contributed by atoms with Crippen molar-refractivity contribution in [2.75, 3.05) is 11.1 Å². The number of benzene rings is 1. The Morgan fingerprint density at radius 2 is 2.14 bits per heavy atom. The van der Waals surface area contributed by atoms with Crippen molar-refractivity contribution in [3.05, 3.63) is 35.0 Å². The second-order valence-electron chi connectivity index (χ2n) is 5.39. The highest BCUT2D eigenvalue weighted by Gasteiger charge is 2.16. The number of anilines is 3. The van der Waals surface area contributed by atoms with E-state index >= 15 is 0 Å². The molecule has 1 aromatic carbocycles. The molecule has 1 aliphatic carbocycles. The lowest BCUT2D eigenvalue weighted by molar-refractivity contribution is 0.912. The number of aromatic amines is 1. The van der Waals surface area contributed by atoms with Crippen molar-refractivity contribution >= 4 is 28.5 Å². The molecule has 106 valence electrons. The van der Waals surface area contributed by atoms with Crippen molar-refractivity contribution < 1.29 is 0 Å². The van der Waals surface area contributed by atoms with Gasteiger partial charge >= 0.3 is 0 Å². The molecule has 0 atom stereocenters. The van der Waals surface area contributed by atoms with E-state index in [0.29, 0.717) is 17.4 Å². The monoisotopic (exact) mass is 280 g/mol. The number of nitrogens with two attached hydrogens (primary N) is 1. The SMILES string of the molecule is Cc1nc(Nc2cccc3c2CCC3)nc2n[nH]c(N)c12. The van der Waals surface area contributed by atoms with Crippen LogP contribution in [-0.2, 0) is 12.8 Å². The van der Waals surface area contributed by atoms with Gasteiger partial charge in [-0.25, -0.2) is 4.98 Å². The van der Waals surface area contributed by atoms with Crippen LogP contribution in [0.2, 0.25) is 0 Å². The number of aromatic nitrogens is 4. The van der Waals surface area contributed by atoms with Crippen molar-refractivity contribution in [1.82, 2.24) is 20.2 Å². The standard InChI is InChI=1S/C15H16N6/c1-8-12-13(16)20-21-14(12)19-15(17-8)18-11-7-3-5-9-4-2-6-10(9)11/h3,5,7H,2,4,6H2,1H3,(H4,16,17,18,19,20,21). The van der Waals surface area contributed by atoms with Crippen LogP contribution in [-0.4, -0.2) is 20.2 Å². The minimum absolute atomic E-state index is 0.509. The first-order valence-electron chi connectivity index (χ1n) is 7.08. The van der Waals surface area contributed by atoms with E-state index in [1.54, 1.807) is 0 Å². The Labute approximate surface area is 121 Å². The highest BCUT2D eigenvalue weighted by atomic mass is 15.2. The number of hydrogen-bond acceptors (Lipinski definition) is 5. The average molecular weight is 280 g/mol. The Morgan fingerprint density at radius 3 is 3.05 bits per heavy atom. The normalized spacial score (nSPS) is 13.6. The van der Waals surface area contributed by atoms with Gasteiger partial charge < -0.3 is 11.1 Å². The van der Waals surface area contributed by atoms with E-state index < -0.39 is 0 Å². The third-order valence-corrected chi connectivity index (χ3v) is 4.01. The first-order valence-corrected chi connectivity index (χ1v) is 7.08. The largest absolute Gasteiger partial charge is 0.383 e. The van der Waals surface area contributed by atoms with Crippen LogP contribution in [0, 0.1) is 6.92 Å². The van der Waals surface area contributed by atoms with Gasteiger partial charge in [-0.3, -0.25) is 5.10 Å². The third-order valence-electron chi connectivity index (χ3n) is 4.01. The lowest BCUT2D eigenvalue weighted by atomic mass is 10.1. The molecule has 0 radical (unpaired) electrons. The number of fused-ring (bicyclic) bond motifs is 2. The molecule has 2 aromatic heterocycles. The molecule has 0 amide bonds. The molecular weight excluding hydrogens is 264 g/mol. The van der Waals surface area contributed by atoms with Crippen LogP contribution >= 0.6 is 0 Å². The van der Waals surface area contributed by atoms with Gasteiger partial charge in [0.15, 0.2) is 5.65 Å². The maximum atomic E-state index is 5.83. The predicted octanol–water partition coefficient (Wildman–Crippen LogP) is 2.48. The summed E-state index contributed by atoms with van der Waals surface area (Å²) in [6.45, 7) is 1.91. The Morgan fingerprint density at radius 1 is 1.24 bits per heavy atom. The van der Waals surface area contributed by atoms with Crippen LogP contribution in [0.5, 0.6) is 0 Å². The van der Waals surface area contributed by atoms with Crippen LogP contribution in [0.3, 0.4) is 0 Å². The van der Waals surface area contributed by atoms with Gasteiger partial charge in [-0.1, -0.05) is 12.1 Å². The van der Waals surface area contributed by atoms with Gasteiger partial charge in [0.25, 0.3) is 0 Å². The highest BCUT2D eigenvalue weighted by Crippen LogP contribution is 2.30. The van der Waals surface area contributed by atoms with E-state index in [2.05, 4.69) is 43.7 Å². The second kappa shape index (κ2) is 4.44. The van der Waals surface area contributed by atoms with Gasteiger partial charge in [-0.15, -0.1) is 0 Å². The summed E-state index contributed by atoms with van der Waals surface area (Å²) >= 11 is 0. The van der Waals surface area contributed by atoms with Crippen molar-refractivity contribution in [2.24, 2.45) is 0 Å². The average Bonchev–Trinajstić information content (AvgIpc) is 3.06. The van der Waals surface area contributed by atoms with Gasteiger partial charge in [0.05, 0.1) is 11.1 Å². The molecule has 0 saturated heterocycles. The molecule has 0 saturated carbocycles. The number of nitrogen functional groups attached to an aromatic ring is 1. The number of nitrogens with zero attached hydrogens (tertiary/aromatic N) is 3. The van der Waals surface area contributed by atoms with Crippen LogP contribution in [0.4, 0.5) is 17.5 Å². The zero-order chi connectivity index (χ0) is 14.4. The van der Waals surface area contributed by atoms with E-state index in [1.807, 2.05) is 6.92 Å². The fourth-order valence-electron chi connectivity index (χ4n) is 3.04. The van der Waals surface area contributed by atoms with Crippen LogP contribution in [0.1, 0.15) is 23.2 Å². The molecule has 0 fully saturated rings. The molecule has 4 N–H and O–H groups in total. The van der Waals surface area contributed by atoms with E-state index in [-0.39, 0.29) is 0 Å². The van der Waals surface area contributed by atoms with Crippen LogP contribution < -0.4 is 11.1 Å². The van der Waals surface area contributed by atoms with Gasteiger partial charge in [0.2, 0.25) is 5.95 Å². The molecule has 0 bridgehead atoms. The maximum absolute atomic E-state index is 5.83. The van der Waals surface area contributed by atoms with E-state index in [4.69, 9.17) is 5.73 Å². The molecule has 0 spiro atoms. The van der Waals surface area contributed by atoms with E-state index in [9.17, 15) is 0 Å². The summed E-state index contributed by atoms with van der Waals surface area (Å²) < 4.78 is 0. The lowest BCUT2D eigenvalue weighted by Crippen LogP contribution is -2.02. The van der Waals surface area contributed by atoms with Crippen molar-refractivity contribution in [2.45, 2.75) is 26.2 Å². The molecule has 2 heterocycles. The topological polar surface area (TPSA) is 92.5 Å². The van der Waals surface area contributed by atoms with Gasteiger partial charge in [-0.05, 0) is 43.4 Å². The summed E-state index contributed by atoms with van der Waals surface area (Å²) in [5.41, 5.74) is 11.1. The summed E-state index contributed by atoms with van der Waals surface area (Å²) in [5, 5.41) is 11.0. The number of hydrogen-bond donors (Lipinski definition) is 3. The first kappa shape index (κ1) is 12.1. The molecule has 0 unspecified atom stereocenters. The smallest absolute Gasteiger partial charge is 0.229 e. The third kappa shape index (κ3) is 1.91. The molecule has 4 rings (SSSR count). The fourth-order valence-corrected chi connectivity index (χ4v) is 3.04. The summed E-state index contributed by atoms with van der Waals surface area (Å²) in [5.74, 6) is 1.07. The first-order chi connectivity index (χ1) is 10.2. The zero-order valence-corrected chi connectivity index (χ0v) is 11.8. The second-order valence-corrected chi connectivity index (χ2v) is 5.39. The summed E-state index contributed by atoms with van der Waals surface area (Å²) in [7, 11) is 0. The Bertz CT molecular complexity index is 836. The van der Waals surface area contributed by atoms with Crippen molar-refractivity contribution in [3.8, 4) is 0 Å². The minimum atomic E-state index is 0.509. The lowest BCUT2D eigenvalue weighted by Gasteiger charge is -2.10. The number of aryl methyl sites for hydroxylation is 2. The van der Waals surface area contributed by atoms with Crippen molar-refractivity contribution in [3.63, 3.8) is 0 Å². The predicted molar refractivity (Wildman–Crippen MR) is 82.6 cm³/mol. The van der Waals surface area contributed by atoms with E-state index in [1.165, 1.54) is 17.5 Å². The van der Waals surface area contributed by atoms with Crippen LogP contribution in [0.25, 0.3) is 11.0 Å². The minimum Gasteiger partial charge on any atom is -0.383 e. The van der Waals surface area contributed by atoms with Crippen molar-refractivity contribution in [1.29, 1.82) is 0 Å². The van der Waals surface area contributed by atoms with Gasteiger partial charge in [-0.2, -0.15) is 10.1 Å². The Kier molecular flexibility index (Phi) is 2.57.